The third-order valence-electron chi connectivity index (χ3n) is 5.44. The van der Waals surface area contributed by atoms with E-state index >= 15 is 0 Å². The van der Waals surface area contributed by atoms with E-state index in [4.69, 9.17) is 5.73 Å². The summed E-state index contributed by atoms with van der Waals surface area (Å²) >= 11 is 0. The van der Waals surface area contributed by atoms with E-state index in [-0.39, 0.29) is 0 Å². The molecule has 4 atom stereocenters. The summed E-state index contributed by atoms with van der Waals surface area (Å²) in [5.74, 6) is 1.92. The van der Waals surface area contributed by atoms with E-state index in [0.717, 1.165) is 0 Å². The molecule has 1 heteroatoms. The largest absolute Gasteiger partial charge is 0.327 e. The summed E-state index contributed by atoms with van der Waals surface area (Å²) in [5, 5.41) is 0. The molecule has 1 saturated carbocycles. The van der Waals surface area contributed by atoms with Gasteiger partial charge in [-0.2, -0.15) is 0 Å². The van der Waals surface area contributed by atoms with Crippen LogP contribution in [0.3, 0.4) is 0 Å². The van der Waals surface area contributed by atoms with E-state index in [2.05, 4.69) is 54.6 Å². The molecular weight excluding hydrogens is 254 g/mol. The maximum absolute atomic E-state index is 6.70. The molecule has 21 heavy (non-hydrogen) atoms. The molecule has 2 N–H and O–H groups in total. The van der Waals surface area contributed by atoms with Crippen molar-refractivity contribution in [2.45, 2.75) is 43.6 Å². The average Bonchev–Trinajstić information content (AvgIpc) is 3.35. The Morgan fingerprint density at radius 1 is 0.952 bits per heavy atom. The Kier molecular flexibility index (Phi) is 3.31. The van der Waals surface area contributed by atoms with Crippen molar-refractivity contribution in [3.63, 3.8) is 0 Å². The summed E-state index contributed by atoms with van der Waals surface area (Å²) < 4.78 is 0. The Morgan fingerprint density at radius 2 is 1.71 bits per heavy atom. The molecule has 2 aliphatic carbocycles. The van der Waals surface area contributed by atoms with Gasteiger partial charge in [0.1, 0.15) is 0 Å². The van der Waals surface area contributed by atoms with Crippen molar-refractivity contribution in [3.05, 3.63) is 71.3 Å². The van der Waals surface area contributed by atoms with Crippen LogP contribution in [0.4, 0.5) is 0 Å². The molecule has 2 aromatic carbocycles. The summed E-state index contributed by atoms with van der Waals surface area (Å²) in [4.78, 5) is 0. The first-order chi connectivity index (χ1) is 10.3. The van der Waals surface area contributed by atoms with E-state index in [1.54, 1.807) is 0 Å². The predicted octanol–water partition coefficient (Wildman–Crippen LogP) is 4.24. The second-order valence-electron chi connectivity index (χ2n) is 6.69. The lowest BCUT2D eigenvalue weighted by atomic mass is 9.77. The summed E-state index contributed by atoms with van der Waals surface area (Å²) in [6.07, 6.45) is 5.05. The van der Waals surface area contributed by atoms with Gasteiger partial charge in [0.05, 0.1) is 0 Å². The van der Waals surface area contributed by atoms with Crippen LogP contribution >= 0.6 is 0 Å². The molecule has 4 unspecified atom stereocenters. The minimum atomic E-state index is 0.316. The lowest BCUT2D eigenvalue weighted by Crippen LogP contribution is -2.33. The minimum Gasteiger partial charge on any atom is -0.327 e. The van der Waals surface area contributed by atoms with Crippen molar-refractivity contribution in [2.75, 3.05) is 0 Å². The van der Waals surface area contributed by atoms with Crippen LogP contribution in [-0.2, 0) is 6.42 Å². The van der Waals surface area contributed by atoms with E-state index in [9.17, 15) is 0 Å². The molecule has 0 heterocycles. The quantitative estimate of drug-likeness (QED) is 0.892. The van der Waals surface area contributed by atoms with Crippen molar-refractivity contribution in [1.29, 1.82) is 0 Å². The summed E-state index contributed by atoms with van der Waals surface area (Å²) in [6.45, 7) is 0. The fourth-order valence-electron chi connectivity index (χ4n) is 4.21. The van der Waals surface area contributed by atoms with Crippen LogP contribution in [0.25, 0.3) is 0 Å². The molecule has 2 aliphatic rings. The van der Waals surface area contributed by atoms with Crippen LogP contribution < -0.4 is 5.73 Å². The lowest BCUT2D eigenvalue weighted by molar-refractivity contribution is 0.423. The second-order valence-corrected chi connectivity index (χ2v) is 6.69. The number of rotatable bonds is 3. The standard InChI is InChI=1S/C20H23N/c21-20(19-13-18(19)15-7-2-1-3-8-15)17-12-6-10-14-9-4-5-11-16(14)17/h1-5,7-9,11,17-20H,6,10,12-13,21H2. The van der Waals surface area contributed by atoms with Crippen molar-refractivity contribution < 1.29 is 0 Å². The Labute approximate surface area is 127 Å². The molecule has 0 bridgehead atoms. The Bertz CT molecular complexity index is 619. The van der Waals surface area contributed by atoms with Gasteiger partial charge in [-0.15, -0.1) is 0 Å². The minimum absolute atomic E-state index is 0.316. The monoisotopic (exact) mass is 277 g/mol. The zero-order valence-corrected chi connectivity index (χ0v) is 12.4. The molecule has 108 valence electrons. The molecule has 2 aromatic rings. The molecule has 0 aromatic heterocycles. The topological polar surface area (TPSA) is 26.0 Å². The maximum Gasteiger partial charge on any atom is 0.0142 e. The molecule has 0 saturated heterocycles. The van der Waals surface area contributed by atoms with Gasteiger partial charge < -0.3 is 5.73 Å². The van der Waals surface area contributed by atoms with Gasteiger partial charge in [0.15, 0.2) is 0 Å². The highest BCUT2D eigenvalue weighted by Crippen LogP contribution is 2.52. The van der Waals surface area contributed by atoms with Gasteiger partial charge in [0, 0.05) is 6.04 Å². The molecule has 0 aliphatic heterocycles. The zero-order valence-electron chi connectivity index (χ0n) is 12.4. The lowest BCUT2D eigenvalue weighted by Gasteiger charge is -2.30. The number of hydrogen-bond acceptors (Lipinski definition) is 1. The first-order valence-electron chi connectivity index (χ1n) is 8.23. The van der Waals surface area contributed by atoms with Gasteiger partial charge in [-0.05, 0) is 60.1 Å². The van der Waals surface area contributed by atoms with E-state index in [0.29, 0.717) is 23.8 Å². The van der Waals surface area contributed by atoms with E-state index < -0.39 is 0 Å². The Balaban J connectivity index is 1.54. The normalized spacial score (nSPS) is 28.7. The number of aryl methyl sites for hydroxylation is 1. The number of nitrogens with two attached hydrogens (primary N) is 1. The third kappa shape index (κ3) is 2.40. The Hall–Kier alpha value is -1.60. The predicted molar refractivity (Wildman–Crippen MR) is 87.4 cm³/mol. The molecule has 4 rings (SSSR count). The zero-order chi connectivity index (χ0) is 14.2. The highest BCUT2D eigenvalue weighted by atomic mass is 14.7. The Morgan fingerprint density at radius 3 is 2.57 bits per heavy atom. The summed E-state index contributed by atoms with van der Waals surface area (Å²) in [6, 6.07) is 20.1. The van der Waals surface area contributed by atoms with Crippen LogP contribution in [-0.4, -0.2) is 6.04 Å². The summed E-state index contributed by atoms with van der Waals surface area (Å²) in [7, 11) is 0. The fraction of sp³-hybridized carbons (Fsp3) is 0.400. The third-order valence-corrected chi connectivity index (χ3v) is 5.44. The van der Waals surface area contributed by atoms with Gasteiger partial charge in [0.2, 0.25) is 0 Å². The number of benzene rings is 2. The van der Waals surface area contributed by atoms with Crippen LogP contribution in [0.2, 0.25) is 0 Å². The highest BCUT2D eigenvalue weighted by molar-refractivity contribution is 5.35. The van der Waals surface area contributed by atoms with Gasteiger partial charge in [-0.1, -0.05) is 54.6 Å². The SMILES string of the molecule is NC(C1CCCc2ccccc21)C1CC1c1ccccc1. The van der Waals surface area contributed by atoms with Gasteiger partial charge in [0.25, 0.3) is 0 Å². The molecular formula is C20H23N. The molecule has 0 radical (unpaired) electrons. The molecule has 0 amide bonds. The van der Waals surface area contributed by atoms with Crippen molar-refractivity contribution in [2.24, 2.45) is 11.7 Å². The van der Waals surface area contributed by atoms with Gasteiger partial charge in [-0.25, -0.2) is 0 Å². The number of hydrogen-bond donors (Lipinski definition) is 1. The van der Waals surface area contributed by atoms with E-state index in [1.165, 1.54) is 42.4 Å². The smallest absolute Gasteiger partial charge is 0.0142 e. The van der Waals surface area contributed by atoms with Crippen LogP contribution in [0.1, 0.15) is 47.8 Å². The molecule has 1 fully saturated rings. The maximum atomic E-state index is 6.70. The average molecular weight is 277 g/mol. The molecule has 1 nitrogen and oxygen atoms in total. The summed E-state index contributed by atoms with van der Waals surface area (Å²) in [5.41, 5.74) is 11.2. The van der Waals surface area contributed by atoms with Gasteiger partial charge >= 0.3 is 0 Å². The van der Waals surface area contributed by atoms with Crippen LogP contribution in [0.15, 0.2) is 54.6 Å². The van der Waals surface area contributed by atoms with Crippen molar-refractivity contribution in [1.82, 2.24) is 0 Å². The molecule has 0 spiro atoms. The first-order valence-corrected chi connectivity index (χ1v) is 8.23. The van der Waals surface area contributed by atoms with Crippen molar-refractivity contribution in [3.8, 4) is 0 Å². The first kappa shape index (κ1) is 13.1. The number of fused-ring (bicyclic) bond motifs is 1. The van der Waals surface area contributed by atoms with E-state index in [1.807, 2.05) is 0 Å². The van der Waals surface area contributed by atoms with Gasteiger partial charge in [-0.3, -0.25) is 0 Å². The van der Waals surface area contributed by atoms with Crippen molar-refractivity contribution >= 4 is 0 Å². The fourth-order valence-corrected chi connectivity index (χ4v) is 4.21. The second kappa shape index (κ2) is 5.31. The highest BCUT2D eigenvalue weighted by Gasteiger charge is 2.45. The van der Waals surface area contributed by atoms with Crippen LogP contribution in [0.5, 0.6) is 0 Å². The van der Waals surface area contributed by atoms with Crippen LogP contribution in [0, 0.1) is 5.92 Å².